The van der Waals surface area contributed by atoms with Crippen LogP contribution in [0.25, 0.3) is 0 Å². The molecule has 0 aliphatic rings. The SMILES string of the molecule is COCCOCCCNC(C)C(C)OC. The molecule has 0 aromatic rings. The highest BCUT2D eigenvalue weighted by molar-refractivity contribution is 4.67. The number of ether oxygens (including phenoxy) is 3. The van der Waals surface area contributed by atoms with Gasteiger partial charge in [0.1, 0.15) is 0 Å². The van der Waals surface area contributed by atoms with E-state index in [1.807, 2.05) is 0 Å². The van der Waals surface area contributed by atoms with Gasteiger partial charge >= 0.3 is 0 Å². The lowest BCUT2D eigenvalue weighted by Gasteiger charge is -2.19. The van der Waals surface area contributed by atoms with Crippen LogP contribution in [-0.2, 0) is 14.2 Å². The van der Waals surface area contributed by atoms with Crippen LogP contribution in [0.2, 0.25) is 0 Å². The molecule has 0 rings (SSSR count). The van der Waals surface area contributed by atoms with Gasteiger partial charge < -0.3 is 19.5 Å². The van der Waals surface area contributed by atoms with E-state index in [0.29, 0.717) is 19.3 Å². The highest BCUT2D eigenvalue weighted by Gasteiger charge is 2.08. The summed E-state index contributed by atoms with van der Waals surface area (Å²) in [5.74, 6) is 0. The van der Waals surface area contributed by atoms with Crippen LogP contribution in [-0.4, -0.2) is 52.7 Å². The standard InChI is InChI=1S/C11H25NO3/c1-10(11(2)14-4)12-6-5-7-15-9-8-13-3/h10-12H,5-9H2,1-4H3. The molecule has 2 unspecified atom stereocenters. The second kappa shape index (κ2) is 10.4. The van der Waals surface area contributed by atoms with Gasteiger partial charge in [0.25, 0.3) is 0 Å². The number of methoxy groups -OCH3 is 2. The molecule has 0 bridgehead atoms. The molecule has 0 aromatic heterocycles. The maximum Gasteiger partial charge on any atom is 0.0700 e. The molecule has 2 atom stereocenters. The molecule has 4 nitrogen and oxygen atoms in total. The summed E-state index contributed by atoms with van der Waals surface area (Å²) in [5.41, 5.74) is 0. The minimum absolute atomic E-state index is 0.249. The Bertz CT molecular complexity index is 133. The van der Waals surface area contributed by atoms with Crippen molar-refractivity contribution in [2.75, 3.05) is 40.6 Å². The van der Waals surface area contributed by atoms with Crippen molar-refractivity contribution < 1.29 is 14.2 Å². The Morgan fingerprint density at radius 3 is 2.40 bits per heavy atom. The number of rotatable bonds is 10. The maximum atomic E-state index is 5.35. The zero-order valence-electron chi connectivity index (χ0n) is 10.4. The van der Waals surface area contributed by atoms with E-state index in [9.17, 15) is 0 Å². The van der Waals surface area contributed by atoms with Gasteiger partial charge in [0.2, 0.25) is 0 Å². The quantitative estimate of drug-likeness (QED) is 0.558. The third-order valence-corrected chi connectivity index (χ3v) is 2.44. The Kier molecular flexibility index (Phi) is 10.3. The van der Waals surface area contributed by atoms with Crippen molar-refractivity contribution in [1.29, 1.82) is 0 Å². The Balaban J connectivity index is 3.16. The van der Waals surface area contributed by atoms with E-state index in [1.165, 1.54) is 0 Å². The fourth-order valence-electron chi connectivity index (χ4n) is 1.12. The highest BCUT2D eigenvalue weighted by Crippen LogP contribution is 1.95. The molecule has 0 radical (unpaired) electrons. The van der Waals surface area contributed by atoms with Gasteiger partial charge in [-0.15, -0.1) is 0 Å². The third kappa shape index (κ3) is 8.81. The van der Waals surface area contributed by atoms with Crippen molar-refractivity contribution in [2.24, 2.45) is 0 Å². The molecule has 0 aliphatic carbocycles. The largest absolute Gasteiger partial charge is 0.382 e. The second-order valence-electron chi connectivity index (χ2n) is 3.64. The van der Waals surface area contributed by atoms with Crippen molar-refractivity contribution in [3.63, 3.8) is 0 Å². The second-order valence-corrected chi connectivity index (χ2v) is 3.64. The fourth-order valence-corrected chi connectivity index (χ4v) is 1.12. The first-order valence-corrected chi connectivity index (χ1v) is 5.55. The monoisotopic (exact) mass is 219 g/mol. The first kappa shape index (κ1) is 14.8. The first-order valence-electron chi connectivity index (χ1n) is 5.55. The van der Waals surface area contributed by atoms with Crippen LogP contribution in [0, 0.1) is 0 Å². The minimum atomic E-state index is 0.249. The van der Waals surface area contributed by atoms with E-state index < -0.39 is 0 Å². The number of nitrogens with one attached hydrogen (secondary N) is 1. The number of hydrogen-bond donors (Lipinski definition) is 1. The van der Waals surface area contributed by atoms with Crippen molar-refractivity contribution in [2.45, 2.75) is 32.4 Å². The maximum absolute atomic E-state index is 5.35. The van der Waals surface area contributed by atoms with E-state index in [1.54, 1.807) is 14.2 Å². The van der Waals surface area contributed by atoms with Crippen molar-refractivity contribution >= 4 is 0 Å². The van der Waals surface area contributed by atoms with Crippen LogP contribution in [0.15, 0.2) is 0 Å². The molecule has 0 saturated heterocycles. The molecule has 0 heterocycles. The summed E-state index contributed by atoms with van der Waals surface area (Å²) < 4.78 is 15.4. The van der Waals surface area contributed by atoms with Gasteiger partial charge in [-0.3, -0.25) is 0 Å². The molecule has 92 valence electrons. The minimum Gasteiger partial charge on any atom is -0.382 e. The molecule has 0 aliphatic heterocycles. The Hall–Kier alpha value is -0.160. The molecule has 0 saturated carbocycles. The van der Waals surface area contributed by atoms with Crippen LogP contribution in [0.1, 0.15) is 20.3 Å². The molecule has 4 heteroatoms. The van der Waals surface area contributed by atoms with E-state index in [0.717, 1.165) is 19.6 Å². The van der Waals surface area contributed by atoms with E-state index in [-0.39, 0.29) is 6.10 Å². The van der Waals surface area contributed by atoms with Gasteiger partial charge in [-0.1, -0.05) is 0 Å². The summed E-state index contributed by atoms with van der Waals surface area (Å²) in [7, 11) is 3.41. The summed E-state index contributed by atoms with van der Waals surface area (Å²) in [6.45, 7) is 7.28. The van der Waals surface area contributed by atoms with Gasteiger partial charge in [0, 0.05) is 26.9 Å². The lowest BCUT2D eigenvalue weighted by atomic mass is 10.2. The van der Waals surface area contributed by atoms with Crippen LogP contribution in [0.4, 0.5) is 0 Å². The lowest BCUT2D eigenvalue weighted by Crippen LogP contribution is -2.37. The van der Waals surface area contributed by atoms with Crippen LogP contribution < -0.4 is 5.32 Å². The molecule has 0 amide bonds. The molecule has 0 spiro atoms. The van der Waals surface area contributed by atoms with Gasteiger partial charge in [0.05, 0.1) is 19.3 Å². The zero-order valence-corrected chi connectivity index (χ0v) is 10.4. The summed E-state index contributed by atoms with van der Waals surface area (Å²) in [4.78, 5) is 0. The summed E-state index contributed by atoms with van der Waals surface area (Å²) >= 11 is 0. The van der Waals surface area contributed by atoms with Gasteiger partial charge in [-0.05, 0) is 26.8 Å². The molecule has 0 fully saturated rings. The highest BCUT2D eigenvalue weighted by atomic mass is 16.5. The van der Waals surface area contributed by atoms with Gasteiger partial charge in [-0.2, -0.15) is 0 Å². The topological polar surface area (TPSA) is 39.7 Å². The average Bonchev–Trinajstić information content (AvgIpc) is 2.26. The molecule has 1 N–H and O–H groups in total. The van der Waals surface area contributed by atoms with Crippen molar-refractivity contribution in [3.8, 4) is 0 Å². The zero-order chi connectivity index (χ0) is 11.5. The molecule has 0 aromatic carbocycles. The van der Waals surface area contributed by atoms with Crippen LogP contribution in [0.3, 0.4) is 0 Å². The summed E-state index contributed by atoms with van der Waals surface area (Å²) in [6.07, 6.45) is 1.27. The predicted octanol–water partition coefficient (Wildman–Crippen LogP) is 1.05. The van der Waals surface area contributed by atoms with Crippen molar-refractivity contribution in [3.05, 3.63) is 0 Å². The summed E-state index contributed by atoms with van der Waals surface area (Å²) in [6, 6.07) is 0.383. The van der Waals surface area contributed by atoms with Gasteiger partial charge in [-0.25, -0.2) is 0 Å². The lowest BCUT2D eigenvalue weighted by molar-refractivity contribution is 0.0661. The Morgan fingerprint density at radius 1 is 1.07 bits per heavy atom. The predicted molar refractivity (Wildman–Crippen MR) is 61.2 cm³/mol. The van der Waals surface area contributed by atoms with Crippen molar-refractivity contribution in [1.82, 2.24) is 5.32 Å². The first-order chi connectivity index (χ1) is 7.22. The smallest absolute Gasteiger partial charge is 0.0700 e. The molecular weight excluding hydrogens is 194 g/mol. The third-order valence-electron chi connectivity index (χ3n) is 2.44. The van der Waals surface area contributed by atoms with Crippen LogP contribution in [0.5, 0.6) is 0 Å². The normalized spacial score (nSPS) is 15.2. The van der Waals surface area contributed by atoms with Gasteiger partial charge in [0.15, 0.2) is 0 Å². The molecule has 15 heavy (non-hydrogen) atoms. The number of hydrogen-bond acceptors (Lipinski definition) is 4. The van der Waals surface area contributed by atoms with E-state index in [4.69, 9.17) is 14.2 Å². The Labute approximate surface area is 93.3 Å². The van der Waals surface area contributed by atoms with E-state index in [2.05, 4.69) is 19.2 Å². The average molecular weight is 219 g/mol. The summed E-state index contributed by atoms with van der Waals surface area (Å²) in [5, 5.41) is 3.39. The fraction of sp³-hybridized carbons (Fsp3) is 1.00. The van der Waals surface area contributed by atoms with Crippen LogP contribution >= 0.6 is 0 Å². The molecular formula is C11H25NO3. The Morgan fingerprint density at radius 2 is 1.80 bits per heavy atom. The van der Waals surface area contributed by atoms with E-state index >= 15 is 0 Å².